The average molecular weight is 208 g/mol. The molecule has 0 amide bonds. The van der Waals surface area contributed by atoms with Crippen LogP contribution in [0.25, 0.3) is 0 Å². The van der Waals surface area contributed by atoms with Crippen LogP contribution >= 0.6 is 0 Å². The molecular weight excluding hydrogens is 196 g/mol. The van der Waals surface area contributed by atoms with Crippen molar-refractivity contribution in [3.63, 3.8) is 0 Å². The van der Waals surface area contributed by atoms with Crippen LogP contribution in [0.1, 0.15) is 0 Å². The summed E-state index contributed by atoms with van der Waals surface area (Å²) >= 11 is 0. The van der Waals surface area contributed by atoms with Gasteiger partial charge in [0.05, 0.1) is 22.7 Å². The van der Waals surface area contributed by atoms with Crippen molar-refractivity contribution in [2.24, 2.45) is 0 Å². The van der Waals surface area contributed by atoms with Gasteiger partial charge in [0.15, 0.2) is 0 Å². The molecule has 0 bridgehead atoms. The number of benzene rings is 2. The number of fused-ring (bicyclic) bond motifs is 2. The lowest BCUT2D eigenvalue weighted by atomic mass is 10.1. The Hall–Kier alpha value is -2.22. The van der Waals surface area contributed by atoms with Crippen LogP contribution in [-0.2, 0) is 0 Å². The predicted octanol–water partition coefficient (Wildman–Crippen LogP) is 4.03. The van der Waals surface area contributed by atoms with Gasteiger partial charge in [0.1, 0.15) is 0 Å². The van der Waals surface area contributed by atoms with Gasteiger partial charge in [-0.3, -0.25) is 0 Å². The Morgan fingerprint density at radius 1 is 0.875 bits per heavy atom. The van der Waals surface area contributed by atoms with Gasteiger partial charge >= 0.3 is 0 Å². The maximum Gasteiger partial charge on any atom is 0.0691 e. The average Bonchev–Trinajstić information content (AvgIpc) is 2.36. The van der Waals surface area contributed by atoms with Crippen molar-refractivity contribution in [3.8, 4) is 0 Å². The van der Waals surface area contributed by atoms with Gasteiger partial charge in [-0.1, -0.05) is 30.8 Å². The largest absolute Gasteiger partial charge is 0.352 e. The van der Waals surface area contributed by atoms with Crippen LogP contribution in [0.15, 0.2) is 61.3 Å². The van der Waals surface area contributed by atoms with E-state index >= 15 is 0 Å². The van der Waals surface area contributed by atoms with Crippen LogP contribution in [0, 0.1) is 0 Å². The Balaban J connectivity index is 2.23. The topological polar surface area (TPSA) is 15.3 Å². The van der Waals surface area contributed by atoms with E-state index in [1.54, 1.807) is 0 Å². The van der Waals surface area contributed by atoms with Gasteiger partial charge < -0.3 is 10.2 Å². The van der Waals surface area contributed by atoms with E-state index in [1.165, 1.54) is 0 Å². The monoisotopic (exact) mass is 208 g/mol. The summed E-state index contributed by atoms with van der Waals surface area (Å²) in [5, 5.41) is 3.42. The lowest BCUT2D eigenvalue weighted by Gasteiger charge is -2.30. The highest BCUT2D eigenvalue weighted by Gasteiger charge is 2.18. The molecule has 2 heteroatoms. The molecule has 0 saturated carbocycles. The maximum absolute atomic E-state index is 3.88. The van der Waals surface area contributed by atoms with Crippen molar-refractivity contribution in [2.75, 3.05) is 10.2 Å². The van der Waals surface area contributed by atoms with E-state index in [-0.39, 0.29) is 0 Å². The van der Waals surface area contributed by atoms with Gasteiger partial charge in [0.25, 0.3) is 0 Å². The second-order valence-electron chi connectivity index (χ2n) is 3.71. The van der Waals surface area contributed by atoms with Crippen molar-refractivity contribution in [2.45, 2.75) is 0 Å². The van der Waals surface area contributed by atoms with E-state index in [9.17, 15) is 0 Å². The van der Waals surface area contributed by atoms with Gasteiger partial charge in [-0.2, -0.15) is 0 Å². The molecule has 0 spiro atoms. The van der Waals surface area contributed by atoms with Crippen molar-refractivity contribution in [3.05, 3.63) is 61.3 Å². The van der Waals surface area contributed by atoms with E-state index in [0.717, 1.165) is 22.7 Å². The number of para-hydroxylation sites is 4. The number of hydrogen-bond acceptors (Lipinski definition) is 2. The molecule has 1 N–H and O–H groups in total. The molecule has 2 nitrogen and oxygen atoms in total. The summed E-state index contributed by atoms with van der Waals surface area (Å²) in [6, 6.07) is 16.4. The fourth-order valence-corrected chi connectivity index (χ4v) is 2.05. The molecule has 0 atom stereocenters. The molecule has 0 radical (unpaired) electrons. The van der Waals surface area contributed by atoms with Crippen LogP contribution in [-0.4, -0.2) is 0 Å². The van der Waals surface area contributed by atoms with Crippen LogP contribution in [0.4, 0.5) is 22.7 Å². The molecule has 0 aliphatic carbocycles. The van der Waals surface area contributed by atoms with Crippen molar-refractivity contribution >= 4 is 22.7 Å². The van der Waals surface area contributed by atoms with Crippen LogP contribution in [0.3, 0.4) is 0 Å². The molecule has 1 aliphatic heterocycles. The minimum atomic E-state index is 1.11. The molecular formula is C14H12N2. The minimum Gasteiger partial charge on any atom is -0.352 e. The first-order chi connectivity index (χ1) is 7.90. The molecule has 0 fully saturated rings. The highest BCUT2D eigenvalue weighted by Crippen LogP contribution is 2.42. The minimum absolute atomic E-state index is 1.11. The molecule has 0 aromatic heterocycles. The molecule has 2 aromatic carbocycles. The third kappa shape index (κ3) is 1.20. The van der Waals surface area contributed by atoms with E-state index in [0.29, 0.717) is 0 Å². The van der Waals surface area contributed by atoms with Crippen LogP contribution < -0.4 is 10.2 Å². The first-order valence-electron chi connectivity index (χ1n) is 5.27. The van der Waals surface area contributed by atoms with Gasteiger partial charge in [0.2, 0.25) is 0 Å². The van der Waals surface area contributed by atoms with E-state index in [4.69, 9.17) is 0 Å². The number of rotatable bonds is 1. The zero-order chi connectivity index (χ0) is 11.0. The maximum atomic E-state index is 3.88. The second kappa shape index (κ2) is 3.42. The lowest BCUT2D eigenvalue weighted by Crippen LogP contribution is -2.16. The van der Waals surface area contributed by atoms with E-state index in [2.05, 4.69) is 41.1 Å². The Morgan fingerprint density at radius 2 is 1.38 bits per heavy atom. The normalized spacial score (nSPS) is 12.4. The molecule has 3 rings (SSSR count). The summed E-state index contributed by atoms with van der Waals surface area (Å²) in [6.07, 6.45) is 1.85. The first-order valence-corrected chi connectivity index (χ1v) is 5.27. The molecule has 0 saturated heterocycles. The molecule has 16 heavy (non-hydrogen) atoms. The summed E-state index contributed by atoms with van der Waals surface area (Å²) < 4.78 is 0. The van der Waals surface area contributed by atoms with Crippen LogP contribution in [0.5, 0.6) is 0 Å². The quantitative estimate of drug-likeness (QED) is 0.761. The summed E-state index contributed by atoms with van der Waals surface area (Å²) in [5.74, 6) is 0. The molecule has 78 valence electrons. The van der Waals surface area contributed by atoms with Crippen molar-refractivity contribution in [1.29, 1.82) is 0 Å². The predicted molar refractivity (Wildman–Crippen MR) is 68.5 cm³/mol. The number of hydrogen-bond donors (Lipinski definition) is 1. The molecule has 1 heterocycles. The zero-order valence-electron chi connectivity index (χ0n) is 8.85. The van der Waals surface area contributed by atoms with Crippen molar-refractivity contribution in [1.82, 2.24) is 0 Å². The van der Waals surface area contributed by atoms with E-state index in [1.807, 2.05) is 30.5 Å². The Kier molecular flexibility index (Phi) is 1.93. The third-order valence-electron chi connectivity index (χ3n) is 2.78. The number of nitrogens with one attached hydrogen (secondary N) is 1. The summed E-state index contributed by atoms with van der Waals surface area (Å²) in [6.45, 7) is 3.88. The molecule has 2 aromatic rings. The Labute approximate surface area is 94.8 Å². The van der Waals surface area contributed by atoms with Crippen LogP contribution in [0.2, 0.25) is 0 Å². The highest BCUT2D eigenvalue weighted by molar-refractivity contribution is 5.92. The Bertz CT molecular complexity index is 500. The second-order valence-corrected chi connectivity index (χ2v) is 3.71. The van der Waals surface area contributed by atoms with E-state index < -0.39 is 0 Å². The number of anilines is 4. The zero-order valence-corrected chi connectivity index (χ0v) is 8.85. The summed E-state index contributed by atoms with van der Waals surface area (Å²) in [4.78, 5) is 2.10. The smallest absolute Gasteiger partial charge is 0.0691 e. The SMILES string of the molecule is C=CN1c2ccccc2Nc2ccccc21. The van der Waals surface area contributed by atoms with Gasteiger partial charge in [0, 0.05) is 6.20 Å². The highest BCUT2D eigenvalue weighted by atomic mass is 15.2. The van der Waals surface area contributed by atoms with Crippen molar-refractivity contribution < 1.29 is 0 Å². The molecule has 1 aliphatic rings. The fraction of sp³-hybridized carbons (Fsp3) is 0. The summed E-state index contributed by atoms with van der Waals surface area (Å²) in [7, 11) is 0. The van der Waals surface area contributed by atoms with Gasteiger partial charge in [-0.15, -0.1) is 0 Å². The standard InChI is InChI=1S/C14H12N2/c1-2-16-13-9-5-3-7-11(13)15-12-8-4-6-10-14(12)16/h2-10,15H,1H2. The molecule has 0 unspecified atom stereocenters. The third-order valence-corrected chi connectivity index (χ3v) is 2.78. The summed E-state index contributed by atoms with van der Waals surface area (Å²) in [5.41, 5.74) is 4.50. The Morgan fingerprint density at radius 3 is 1.88 bits per heavy atom. The first kappa shape index (κ1) is 9.04. The lowest BCUT2D eigenvalue weighted by molar-refractivity contribution is 1.25. The van der Waals surface area contributed by atoms with Gasteiger partial charge in [-0.25, -0.2) is 0 Å². The fourth-order valence-electron chi connectivity index (χ4n) is 2.05. The number of nitrogens with zero attached hydrogens (tertiary/aromatic N) is 1. The van der Waals surface area contributed by atoms with Gasteiger partial charge in [-0.05, 0) is 24.3 Å².